The summed E-state index contributed by atoms with van der Waals surface area (Å²) in [5.74, 6) is 1.49. The molecular weight excluding hydrogens is 200 g/mol. The Bertz CT molecular complexity index is 243. The lowest BCUT2D eigenvalue weighted by molar-refractivity contribution is -0.131. The molecular formula is C14H24O2. The third kappa shape index (κ3) is 2.65. The zero-order valence-corrected chi connectivity index (χ0v) is 10.3. The van der Waals surface area contributed by atoms with Gasteiger partial charge in [0.1, 0.15) is 5.78 Å². The summed E-state index contributed by atoms with van der Waals surface area (Å²) in [6.07, 6.45) is 8.41. The molecule has 16 heavy (non-hydrogen) atoms. The van der Waals surface area contributed by atoms with Gasteiger partial charge in [0.25, 0.3) is 0 Å². The highest BCUT2D eigenvalue weighted by Crippen LogP contribution is 2.35. The molecule has 0 bridgehead atoms. The second-order valence-corrected chi connectivity index (χ2v) is 5.79. The van der Waals surface area contributed by atoms with E-state index in [1.165, 1.54) is 19.3 Å². The standard InChI is InChI=1S/C14H24O2/c1-10-9-12(15)7-8-13(10)14(16)11-5-3-2-4-6-11/h10-13,15H,2-9H2,1H3. The Kier molecular flexibility index (Phi) is 4.01. The Hall–Kier alpha value is -0.370. The number of hydrogen-bond donors (Lipinski definition) is 1. The molecule has 0 amide bonds. The predicted molar refractivity (Wildman–Crippen MR) is 64.1 cm³/mol. The first-order chi connectivity index (χ1) is 7.68. The largest absolute Gasteiger partial charge is 0.393 e. The zero-order chi connectivity index (χ0) is 11.5. The van der Waals surface area contributed by atoms with Gasteiger partial charge in [0.2, 0.25) is 0 Å². The van der Waals surface area contributed by atoms with Crippen LogP contribution in [-0.4, -0.2) is 17.0 Å². The van der Waals surface area contributed by atoms with Crippen molar-refractivity contribution in [2.45, 2.75) is 64.4 Å². The molecule has 2 aliphatic carbocycles. The number of Topliss-reactive ketones (excluding diaryl/α,β-unsaturated/α-hetero) is 1. The van der Waals surface area contributed by atoms with Crippen molar-refractivity contribution in [1.29, 1.82) is 0 Å². The third-order valence-corrected chi connectivity index (χ3v) is 4.51. The molecule has 92 valence electrons. The van der Waals surface area contributed by atoms with Crippen molar-refractivity contribution >= 4 is 5.78 Å². The van der Waals surface area contributed by atoms with Crippen molar-refractivity contribution in [3.63, 3.8) is 0 Å². The summed E-state index contributed by atoms with van der Waals surface area (Å²) in [5.41, 5.74) is 0. The Morgan fingerprint density at radius 1 is 1.06 bits per heavy atom. The molecule has 0 saturated heterocycles. The van der Waals surface area contributed by atoms with Crippen LogP contribution in [0.5, 0.6) is 0 Å². The van der Waals surface area contributed by atoms with Gasteiger partial charge in [-0.15, -0.1) is 0 Å². The van der Waals surface area contributed by atoms with Crippen LogP contribution in [0.15, 0.2) is 0 Å². The normalized spacial score (nSPS) is 37.2. The fourth-order valence-electron chi connectivity index (χ4n) is 3.48. The summed E-state index contributed by atoms with van der Waals surface area (Å²) in [5, 5.41) is 9.58. The zero-order valence-electron chi connectivity index (χ0n) is 10.3. The molecule has 0 aliphatic heterocycles. The van der Waals surface area contributed by atoms with Gasteiger partial charge in [-0.05, 0) is 38.0 Å². The number of hydrogen-bond acceptors (Lipinski definition) is 2. The Morgan fingerprint density at radius 2 is 1.75 bits per heavy atom. The number of carbonyl (C=O) groups is 1. The van der Waals surface area contributed by atoms with Gasteiger partial charge in [0, 0.05) is 11.8 Å². The maximum atomic E-state index is 12.4. The molecule has 0 radical (unpaired) electrons. The lowest BCUT2D eigenvalue weighted by Gasteiger charge is -2.34. The SMILES string of the molecule is CC1CC(O)CCC1C(=O)C1CCCCC1. The molecule has 0 spiro atoms. The lowest BCUT2D eigenvalue weighted by atomic mass is 9.71. The number of aliphatic hydroxyl groups is 1. The molecule has 2 rings (SSSR count). The quantitative estimate of drug-likeness (QED) is 0.783. The van der Waals surface area contributed by atoms with Crippen LogP contribution in [-0.2, 0) is 4.79 Å². The molecule has 1 N–H and O–H groups in total. The third-order valence-electron chi connectivity index (χ3n) is 4.51. The Balaban J connectivity index is 1.92. The molecule has 0 heterocycles. The Labute approximate surface area is 98.4 Å². The minimum atomic E-state index is -0.162. The monoisotopic (exact) mass is 224 g/mol. The van der Waals surface area contributed by atoms with E-state index in [0.717, 1.165) is 32.1 Å². The second kappa shape index (κ2) is 5.31. The van der Waals surface area contributed by atoms with E-state index in [-0.39, 0.29) is 12.0 Å². The topological polar surface area (TPSA) is 37.3 Å². The molecule has 2 saturated carbocycles. The molecule has 2 aliphatic rings. The second-order valence-electron chi connectivity index (χ2n) is 5.79. The van der Waals surface area contributed by atoms with E-state index in [9.17, 15) is 9.90 Å². The van der Waals surface area contributed by atoms with E-state index < -0.39 is 0 Å². The smallest absolute Gasteiger partial charge is 0.139 e. The summed E-state index contributed by atoms with van der Waals surface area (Å²) in [7, 11) is 0. The van der Waals surface area contributed by atoms with Crippen molar-refractivity contribution < 1.29 is 9.90 Å². The van der Waals surface area contributed by atoms with E-state index in [1.54, 1.807) is 0 Å². The van der Waals surface area contributed by atoms with E-state index in [1.807, 2.05) is 0 Å². The molecule has 0 aromatic carbocycles. The van der Waals surface area contributed by atoms with Gasteiger partial charge in [-0.3, -0.25) is 4.79 Å². The van der Waals surface area contributed by atoms with Crippen molar-refractivity contribution in [3.8, 4) is 0 Å². The van der Waals surface area contributed by atoms with Crippen LogP contribution in [0.4, 0.5) is 0 Å². The maximum Gasteiger partial charge on any atom is 0.139 e. The van der Waals surface area contributed by atoms with Crippen molar-refractivity contribution in [2.24, 2.45) is 17.8 Å². The number of aliphatic hydroxyl groups excluding tert-OH is 1. The van der Waals surface area contributed by atoms with Crippen LogP contribution in [0, 0.1) is 17.8 Å². The molecule has 3 atom stereocenters. The lowest BCUT2D eigenvalue weighted by Crippen LogP contribution is -2.35. The number of carbonyl (C=O) groups excluding carboxylic acids is 1. The Morgan fingerprint density at radius 3 is 2.38 bits per heavy atom. The fraction of sp³-hybridized carbons (Fsp3) is 0.929. The first kappa shape index (κ1) is 12.1. The van der Waals surface area contributed by atoms with Crippen LogP contribution in [0.2, 0.25) is 0 Å². The van der Waals surface area contributed by atoms with Crippen molar-refractivity contribution in [2.75, 3.05) is 0 Å². The maximum absolute atomic E-state index is 12.4. The van der Waals surface area contributed by atoms with Crippen LogP contribution < -0.4 is 0 Å². The van der Waals surface area contributed by atoms with Gasteiger partial charge >= 0.3 is 0 Å². The summed E-state index contributed by atoms with van der Waals surface area (Å²) in [6, 6.07) is 0. The molecule has 0 aromatic rings. The number of rotatable bonds is 2. The predicted octanol–water partition coefficient (Wildman–Crippen LogP) is 2.93. The number of ketones is 1. The summed E-state index contributed by atoms with van der Waals surface area (Å²) in [6.45, 7) is 2.13. The van der Waals surface area contributed by atoms with Gasteiger partial charge in [-0.2, -0.15) is 0 Å². The van der Waals surface area contributed by atoms with Gasteiger partial charge in [-0.25, -0.2) is 0 Å². The molecule has 2 fully saturated rings. The van der Waals surface area contributed by atoms with Crippen LogP contribution in [0.3, 0.4) is 0 Å². The average molecular weight is 224 g/mol. The summed E-state index contributed by atoms with van der Waals surface area (Å²) >= 11 is 0. The molecule has 2 nitrogen and oxygen atoms in total. The van der Waals surface area contributed by atoms with E-state index in [2.05, 4.69) is 6.92 Å². The average Bonchev–Trinajstić information content (AvgIpc) is 2.29. The van der Waals surface area contributed by atoms with Crippen molar-refractivity contribution in [1.82, 2.24) is 0 Å². The van der Waals surface area contributed by atoms with Crippen LogP contribution in [0.1, 0.15) is 58.3 Å². The highest BCUT2D eigenvalue weighted by atomic mass is 16.3. The van der Waals surface area contributed by atoms with Gasteiger partial charge < -0.3 is 5.11 Å². The molecule has 0 aromatic heterocycles. The minimum Gasteiger partial charge on any atom is -0.393 e. The van der Waals surface area contributed by atoms with E-state index in [4.69, 9.17) is 0 Å². The minimum absolute atomic E-state index is 0.162. The van der Waals surface area contributed by atoms with Gasteiger partial charge in [0.05, 0.1) is 6.10 Å². The van der Waals surface area contributed by atoms with Crippen LogP contribution in [0.25, 0.3) is 0 Å². The van der Waals surface area contributed by atoms with Crippen molar-refractivity contribution in [3.05, 3.63) is 0 Å². The first-order valence-electron chi connectivity index (χ1n) is 6.90. The highest BCUT2D eigenvalue weighted by Gasteiger charge is 2.35. The van der Waals surface area contributed by atoms with E-state index in [0.29, 0.717) is 17.6 Å². The molecule has 2 heteroatoms. The summed E-state index contributed by atoms with van der Waals surface area (Å²) in [4.78, 5) is 12.4. The fourth-order valence-corrected chi connectivity index (χ4v) is 3.48. The van der Waals surface area contributed by atoms with Gasteiger partial charge in [-0.1, -0.05) is 26.2 Å². The van der Waals surface area contributed by atoms with E-state index >= 15 is 0 Å². The van der Waals surface area contributed by atoms with Gasteiger partial charge in [0.15, 0.2) is 0 Å². The first-order valence-corrected chi connectivity index (χ1v) is 6.90. The highest BCUT2D eigenvalue weighted by molar-refractivity contribution is 5.83. The summed E-state index contributed by atoms with van der Waals surface area (Å²) < 4.78 is 0. The molecule has 3 unspecified atom stereocenters. The van der Waals surface area contributed by atoms with Crippen LogP contribution >= 0.6 is 0 Å².